The molecule has 1 saturated heterocycles. The second kappa shape index (κ2) is 5.99. The van der Waals surface area contributed by atoms with Crippen molar-refractivity contribution in [2.45, 2.75) is 19.4 Å². The Kier molecular flexibility index (Phi) is 4.07. The topological polar surface area (TPSA) is 47.4 Å². The number of morpholine rings is 1. The molecule has 5 nitrogen and oxygen atoms in total. The molecule has 0 radical (unpaired) electrons. The number of hydrogen-bond donors (Lipinski definition) is 0. The van der Waals surface area contributed by atoms with Gasteiger partial charge in [0.25, 0.3) is 0 Å². The van der Waals surface area contributed by atoms with Gasteiger partial charge in [-0.2, -0.15) is 11.3 Å². The molecule has 21 heavy (non-hydrogen) atoms. The molecule has 0 N–H and O–H groups in total. The lowest BCUT2D eigenvalue weighted by atomic mass is 10.2. The first-order valence-corrected chi connectivity index (χ1v) is 7.98. The van der Waals surface area contributed by atoms with Crippen LogP contribution in [-0.2, 0) is 23.0 Å². The van der Waals surface area contributed by atoms with E-state index in [0.29, 0.717) is 26.1 Å². The Morgan fingerprint density at radius 2 is 2.43 bits per heavy atom. The summed E-state index contributed by atoms with van der Waals surface area (Å²) < 4.78 is 7.78. The zero-order valence-electron chi connectivity index (χ0n) is 12.3. The number of imidazole rings is 1. The van der Waals surface area contributed by atoms with Crippen LogP contribution < -0.4 is 0 Å². The Labute approximate surface area is 128 Å². The van der Waals surface area contributed by atoms with E-state index >= 15 is 0 Å². The molecule has 1 aliphatic rings. The van der Waals surface area contributed by atoms with E-state index in [4.69, 9.17) is 4.74 Å². The van der Waals surface area contributed by atoms with Gasteiger partial charge >= 0.3 is 0 Å². The predicted octanol–water partition coefficient (Wildman–Crippen LogP) is 1.93. The molecule has 3 heterocycles. The Morgan fingerprint density at radius 1 is 1.57 bits per heavy atom. The largest absolute Gasteiger partial charge is 0.367 e. The van der Waals surface area contributed by atoms with Crippen LogP contribution in [0, 0.1) is 6.92 Å². The number of nitrogens with zero attached hydrogens (tertiary/aromatic N) is 3. The van der Waals surface area contributed by atoms with Crippen molar-refractivity contribution < 1.29 is 9.53 Å². The molecule has 0 unspecified atom stereocenters. The smallest absolute Gasteiger partial charge is 0.227 e. The molecule has 0 aromatic carbocycles. The highest BCUT2D eigenvalue weighted by atomic mass is 32.1. The van der Waals surface area contributed by atoms with Crippen molar-refractivity contribution in [1.82, 2.24) is 14.5 Å². The van der Waals surface area contributed by atoms with Crippen LogP contribution >= 0.6 is 11.3 Å². The average Bonchev–Trinajstić information content (AvgIpc) is 3.08. The van der Waals surface area contributed by atoms with E-state index in [0.717, 1.165) is 17.1 Å². The first-order chi connectivity index (χ1) is 10.1. The second-order valence-corrected chi connectivity index (χ2v) is 6.14. The van der Waals surface area contributed by atoms with Gasteiger partial charge in [-0.15, -0.1) is 0 Å². The summed E-state index contributed by atoms with van der Waals surface area (Å²) in [5.41, 5.74) is 2.05. The lowest BCUT2D eigenvalue weighted by Crippen LogP contribution is -2.43. The minimum absolute atomic E-state index is 0.135. The normalized spacial score (nSPS) is 19.0. The lowest BCUT2D eigenvalue weighted by Gasteiger charge is -2.32. The van der Waals surface area contributed by atoms with Gasteiger partial charge in [0.1, 0.15) is 11.9 Å². The molecule has 112 valence electrons. The van der Waals surface area contributed by atoms with Crippen LogP contribution in [0.4, 0.5) is 0 Å². The first kappa shape index (κ1) is 14.3. The number of hydrogen-bond acceptors (Lipinski definition) is 4. The number of amides is 1. The van der Waals surface area contributed by atoms with Crippen LogP contribution in [0.25, 0.3) is 0 Å². The maximum absolute atomic E-state index is 12.4. The molecule has 0 spiro atoms. The van der Waals surface area contributed by atoms with Crippen molar-refractivity contribution in [3.63, 3.8) is 0 Å². The van der Waals surface area contributed by atoms with Crippen molar-refractivity contribution in [1.29, 1.82) is 0 Å². The quantitative estimate of drug-likeness (QED) is 0.870. The summed E-state index contributed by atoms with van der Waals surface area (Å²) >= 11 is 1.62. The summed E-state index contributed by atoms with van der Waals surface area (Å²) in [4.78, 5) is 18.8. The third kappa shape index (κ3) is 3.16. The first-order valence-electron chi connectivity index (χ1n) is 7.04. The van der Waals surface area contributed by atoms with Crippen LogP contribution in [-0.4, -0.2) is 40.1 Å². The molecule has 3 rings (SSSR count). The maximum Gasteiger partial charge on any atom is 0.227 e. The summed E-state index contributed by atoms with van der Waals surface area (Å²) in [5.74, 6) is 1.05. The van der Waals surface area contributed by atoms with Crippen molar-refractivity contribution in [2.75, 3.05) is 19.7 Å². The highest BCUT2D eigenvalue weighted by Gasteiger charge is 2.28. The van der Waals surface area contributed by atoms with Crippen molar-refractivity contribution >= 4 is 17.2 Å². The van der Waals surface area contributed by atoms with Crippen molar-refractivity contribution in [2.24, 2.45) is 7.05 Å². The minimum Gasteiger partial charge on any atom is -0.367 e. The maximum atomic E-state index is 12.4. The van der Waals surface area contributed by atoms with Gasteiger partial charge in [0.05, 0.1) is 25.3 Å². The summed E-state index contributed by atoms with van der Waals surface area (Å²) in [7, 11) is 1.96. The SMILES string of the molecule is Cc1cn(C)c([C@@H]2CN(C(=O)Cc3ccsc3)CCO2)n1. The summed E-state index contributed by atoms with van der Waals surface area (Å²) in [6.07, 6.45) is 2.31. The number of aryl methyl sites for hydroxylation is 2. The van der Waals surface area contributed by atoms with Gasteiger partial charge in [0.15, 0.2) is 0 Å². The Hall–Kier alpha value is -1.66. The third-order valence-electron chi connectivity index (χ3n) is 3.68. The standard InChI is InChI=1S/C15H19N3O2S/c1-11-8-17(2)15(16-11)13-9-18(4-5-20-13)14(19)7-12-3-6-21-10-12/h3,6,8,10,13H,4-5,7,9H2,1-2H3/t13-/m0/s1. The number of rotatable bonds is 3. The van der Waals surface area contributed by atoms with E-state index < -0.39 is 0 Å². The van der Waals surface area contributed by atoms with Gasteiger partial charge in [-0.1, -0.05) is 0 Å². The highest BCUT2D eigenvalue weighted by molar-refractivity contribution is 7.07. The minimum atomic E-state index is -0.135. The monoisotopic (exact) mass is 305 g/mol. The summed E-state index contributed by atoms with van der Waals surface area (Å²) in [5, 5.41) is 4.03. The van der Waals surface area contributed by atoms with E-state index in [2.05, 4.69) is 4.98 Å². The molecule has 1 atom stereocenters. The molecule has 6 heteroatoms. The van der Waals surface area contributed by atoms with Crippen LogP contribution in [0.2, 0.25) is 0 Å². The van der Waals surface area contributed by atoms with E-state index in [1.807, 2.05) is 46.5 Å². The van der Waals surface area contributed by atoms with Crippen LogP contribution in [0.5, 0.6) is 0 Å². The van der Waals surface area contributed by atoms with Crippen molar-refractivity contribution in [3.8, 4) is 0 Å². The number of aromatic nitrogens is 2. The number of carbonyl (C=O) groups excluding carboxylic acids is 1. The highest BCUT2D eigenvalue weighted by Crippen LogP contribution is 2.22. The fourth-order valence-corrected chi connectivity index (χ4v) is 3.31. The fraction of sp³-hybridized carbons (Fsp3) is 0.467. The molecule has 1 fully saturated rings. The Balaban J connectivity index is 1.68. The molecule has 1 aliphatic heterocycles. The number of ether oxygens (including phenoxy) is 1. The Morgan fingerprint density at radius 3 is 3.10 bits per heavy atom. The van der Waals surface area contributed by atoms with Gasteiger partial charge in [-0.05, 0) is 29.3 Å². The molecule has 0 saturated carbocycles. The fourth-order valence-electron chi connectivity index (χ4n) is 2.65. The summed E-state index contributed by atoms with van der Waals surface area (Å²) in [6, 6.07) is 2.00. The van der Waals surface area contributed by atoms with Crippen LogP contribution in [0.15, 0.2) is 23.0 Å². The van der Waals surface area contributed by atoms with Gasteiger partial charge < -0.3 is 14.2 Å². The van der Waals surface area contributed by atoms with E-state index in [-0.39, 0.29) is 12.0 Å². The zero-order valence-corrected chi connectivity index (χ0v) is 13.1. The van der Waals surface area contributed by atoms with Crippen LogP contribution in [0.1, 0.15) is 23.2 Å². The number of thiophene rings is 1. The molecule has 2 aromatic rings. The van der Waals surface area contributed by atoms with Crippen LogP contribution in [0.3, 0.4) is 0 Å². The molecular weight excluding hydrogens is 286 g/mol. The van der Waals surface area contributed by atoms with Gasteiger partial charge in [-0.3, -0.25) is 4.79 Å². The lowest BCUT2D eigenvalue weighted by molar-refractivity contribution is -0.138. The molecule has 1 amide bonds. The van der Waals surface area contributed by atoms with Crippen molar-refractivity contribution in [3.05, 3.63) is 40.1 Å². The van der Waals surface area contributed by atoms with E-state index in [9.17, 15) is 4.79 Å². The average molecular weight is 305 g/mol. The van der Waals surface area contributed by atoms with Gasteiger partial charge in [0.2, 0.25) is 5.91 Å². The van der Waals surface area contributed by atoms with E-state index in [1.54, 1.807) is 11.3 Å². The number of carbonyl (C=O) groups is 1. The molecule has 0 aliphatic carbocycles. The van der Waals surface area contributed by atoms with Gasteiger partial charge in [-0.25, -0.2) is 4.98 Å². The zero-order chi connectivity index (χ0) is 14.8. The second-order valence-electron chi connectivity index (χ2n) is 5.36. The molecule has 2 aromatic heterocycles. The van der Waals surface area contributed by atoms with Gasteiger partial charge in [0, 0.05) is 19.8 Å². The predicted molar refractivity (Wildman–Crippen MR) is 81.2 cm³/mol. The third-order valence-corrected chi connectivity index (χ3v) is 4.41. The molecular formula is C15H19N3O2S. The Bertz CT molecular complexity index is 621. The summed E-state index contributed by atoms with van der Waals surface area (Å²) in [6.45, 7) is 3.76. The van der Waals surface area contributed by atoms with E-state index in [1.165, 1.54) is 0 Å². The molecule has 0 bridgehead atoms.